The van der Waals surface area contributed by atoms with Crippen LogP contribution in [0.4, 0.5) is 10.5 Å². The highest BCUT2D eigenvalue weighted by Gasteiger charge is 2.20. The number of phenols is 1. The summed E-state index contributed by atoms with van der Waals surface area (Å²) in [7, 11) is 0. The third kappa shape index (κ3) is 3.79. The molecule has 20 heavy (non-hydrogen) atoms. The largest absolute Gasteiger partial charge is 0.508 e. The van der Waals surface area contributed by atoms with E-state index in [9.17, 15) is 9.90 Å². The van der Waals surface area contributed by atoms with Gasteiger partial charge >= 0.3 is 6.03 Å². The van der Waals surface area contributed by atoms with Crippen LogP contribution in [0.25, 0.3) is 0 Å². The van der Waals surface area contributed by atoms with Gasteiger partial charge in [0.1, 0.15) is 5.75 Å². The summed E-state index contributed by atoms with van der Waals surface area (Å²) >= 11 is 0. The maximum absolute atomic E-state index is 11.9. The van der Waals surface area contributed by atoms with Crippen LogP contribution in [-0.2, 0) is 0 Å². The number of piperazine rings is 1. The number of hydrogen-bond acceptors (Lipinski definition) is 3. The van der Waals surface area contributed by atoms with Crippen molar-refractivity contribution in [3.63, 3.8) is 0 Å². The van der Waals surface area contributed by atoms with Crippen LogP contribution in [-0.4, -0.2) is 48.8 Å². The van der Waals surface area contributed by atoms with Crippen molar-refractivity contribution in [2.75, 3.05) is 37.6 Å². The molecule has 0 bridgehead atoms. The molecule has 1 fully saturated rings. The third-order valence-corrected chi connectivity index (χ3v) is 3.57. The maximum Gasteiger partial charge on any atom is 0.317 e. The summed E-state index contributed by atoms with van der Waals surface area (Å²) in [5, 5.41) is 12.4. The lowest BCUT2D eigenvalue weighted by Crippen LogP contribution is -2.52. The predicted octanol–water partition coefficient (Wildman–Crippen LogP) is 2.02. The van der Waals surface area contributed by atoms with Crippen LogP contribution in [0.5, 0.6) is 5.75 Å². The summed E-state index contributed by atoms with van der Waals surface area (Å²) < 4.78 is 0. The Bertz CT molecular complexity index is 442. The van der Waals surface area contributed by atoms with Gasteiger partial charge in [-0.15, -0.1) is 0 Å². The lowest BCUT2D eigenvalue weighted by molar-refractivity contribution is 0.194. The first-order valence-electron chi connectivity index (χ1n) is 7.27. The molecule has 5 heteroatoms. The average molecular weight is 277 g/mol. The van der Waals surface area contributed by atoms with Crippen molar-refractivity contribution in [3.05, 3.63) is 24.3 Å². The molecule has 1 saturated heterocycles. The molecule has 0 spiro atoms. The van der Waals surface area contributed by atoms with Gasteiger partial charge in [-0.25, -0.2) is 4.79 Å². The molecular formula is C15H23N3O2. The van der Waals surface area contributed by atoms with E-state index >= 15 is 0 Å². The molecule has 2 rings (SSSR count). The lowest BCUT2D eigenvalue weighted by atomic mass is 10.2. The van der Waals surface area contributed by atoms with Crippen LogP contribution in [0.15, 0.2) is 24.3 Å². The van der Waals surface area contributed by atoms with Crippen LogP contribution >= 0.6 is 0 Å². The highest BCUT2D eigenvalue weighted by Crippen LogP contribution is 2.21. The molecular weight excluding hydrogens is 254 g/mol. The lowest BCUT2D eigenvalue weighted by Gasteiger charge is -2.36. The van der Waals surface area contributed by atoms with Crippen LogP contribution in [0.3, 0.4) is 0 Å². The fraction of sp³-hybridized carbons (Fsp3) is 0.533. The molecule has 0 aromatic heterocycles. The van der Waals surface area contributed by atoms with Crippen molar-refractivity contribution in [2.45, 2.75) is 19.8 Å². The van der Waals surface area contributed by atoms with E-state index in [4.69, 9.17) is 0 Å². The number of carbonyl (C=O) groups is 1. The van der Waals surface area contributed by atoms with Crippen molar-refractivity contribution < 1.29 is 9.90 Å². The Kier molecular flexibility index (Phi) is 5.09. The van der Waals surface area contributed by atoms with Crippen LogP contribution in [0.2, 0.25) is 0 Å². The Hall–Kier alpha value is -1.91. The van der Waals surface area contributed by atoms with Gasteiger partial charge in [0, 0.05) is 44.5 Å². The fourth-order valence-corrected chi connectivity index (χ4v) is 2.34. The number of hydrogen-bond donors (Lipinski definition) is 2. The SMILES string of the molecule is CCCCNC(=O)N1CCN(c2cccc(O)c2)CC1. The molecule has 0 radical (unpaired) electrons. The van der Waals surface area contributed by atoms with Gasteiger partial charge in [0.15, 0.2) is 0 Å². The molecule has 110 valence electrons. The van der Waals surface area contributed by atoms with E-state index in [2.05, 4.69) is 17.1 Å². The second-order valence-corrected chi connectivity index (χ2v) is 5.08. The van der Waals surface area contributed by atoms with Gasteiger partial charge in [0.2, 0.25) is 0 Å². The molecule has 1 heterocycles. The van der Waals surface area contributed by atoms with Gasteiger partial charge in [-0.2, -0.15) is 0 Å². The molecule has 1 aromatic carbocycles. The molecule has 1 aliphatic heterocycles. The fourth-order valence-electron chi connectivity index (χ4n) is 2.34. The topological polar surface area (TPSA) is 55.8 Å². The third-order valence-electron chi connectivity index (χ3n) is 3.57. The van der Waals surface area contributed by atoms with Crippen molar-refractivity contribution in [2.24, 2.45) is 0 Å². The van der Waals surface area contributed by atoms with E-state index < -0.39 is 0 Å². The second-order valence-electron chi connectivity index (χ2n) is 5.08. The zero-order valence-electron chi connectivity index (χ0n) is 12.0. The predicted molar refractivity (Wildman–Crippen MR) is 80.2 cm³/mol. The number of nitrogens with zero attached hydrogens (tertiary/aromatic N) is 2. The zero-order chi connectivity index (χ0) is 14.4. The Labute approximate surface area is 120 Å². The molecule has 0 saturated carbocycles. The molecule has 0 atom stereocenters. The summed E-state index contributed by atoms with van der Waals surface area (Å²) in [6, 6.07) is 7.29. The Morgan fingerprint density at radius 3 is 2.70 bits per heavy atom. The number of urea groups is 1. The van der Waals surface area contributed by atoms with E-state index in [-0.39, 0.29) is 11.8 Å². The van der Waals surface area contributed by atoms with Gasteiger partial charge in [0.05, 0.1) is 0 Å². The highest BCUT2D eigenvalue weighted by atomic mass is 16.3. The second kappa shape index (κ2) is 7.03. The summed E-state index contributed by atoms with van der Waals surface area (Å²) in [6.45, 7) is 5.89. The van der Waals surface area contributed by atoms with Crippen molar-refractivity contribution in [1.82, 2.24) is 10.2 Å². The summed E-state index contributed by atoms with van der Waals surface area (Å²) in [6.07, 6.45) is 2.11. The van der Waals surface area contributed by atoms with Gasteiger partial charge in [-0.3, -0.25) is 0 Å². The number of rotatable bonds is 4. The zero-order valence-corrected chi connectivity index (χ0v) is 12.0. The Morgan fingerprint density at radius 1 is 1.30 bits per heavy atom. The number of unbranched alkanes of at least 4 members (excludes halogenated alkanes) is 1. The molecule has 2 amide bonds. The van der Waals surface area contributed by atoms with E-state index in [0.29, 0.717) is 13.1 Å². The van der Waals surface area contributed by atoms with E-state index in [1.807, 2.05) is 17.0 Å². The van der Waals surface area contributed by atoms with Crippen molar-refractivity contribution in [3.8, 4) is 5.75 Å². The van der Waals surface area contributed by atoms with Gasteiger partial charge in [-0.05, 0) is 18.6 Å². The molecule has 1 aliphatic rings. The summed E-state index contributed by atoms with van der Waals surface area (Å²) in [5.41, 5.74) is 1.01. The average Bonchev–Trinajstić information content (AvgIpc) is 2.47. The van der Waals surface area contributed by atoms with Crippen LogP contribution in [0.1, 0.15) is 19.8 Å². The number of benzene rings is 1. The van der Waals surface area contributed by atoms with E-state index in [1.54, 1.807) is 12.1 Å². The molecule has 5 nitrogen and oxygen atoms in total. The molecule has 0 aliphatic carbocycles. The minimum atomic E-state index is 0.0361. The number of aromatic hydroxyl groups is 1. The Balaban J connectivity index is 1.81. The number of carbonyl (C=O) groups excluding carboxylic acids is 1. The van der Waals surface area contributed by atoms with Gasteiger partial charge < -0.3 is 20.2 Å². The maximum atomic E-state index is 11.9. The number of anilines is 1. The minimum absolute atomic E-state index is 0.0361. The van der Waals surface area contributed by atoms with Crippen LogP contribution in [0, 0.1) is 0 Å². The van der Waals surface area contributed by atoms with E-state index in [0.717, 1.165) is 38.2 Å². The summed E-state index contributed by atoms with van der Waals surface area (Å²) in [4.78, 5) is 16.0. The normalized spacial score (nSPS) is 15.2. The quantitative estimate of drug-likeness (QED) is 0.828. The number of nitrogens with one attached hydrogen (secondary N) is 1. The van der Waals surface area contributed by atoms with Crippen molar-refractivity contribution in [1.29, 1.82) is 0 Å². The molecule has 2 N–H and O–H groups in total. The van der Waals surface area contributed by atoms with Gasteiger partial charge in [-0.1, -0.05) is 19.4 Å². The molecule has 0 unspecified atom stereocenters. The first-order valence-corrected chi connectivity index (χ1v) is 7.27. The standard InChI is InChI=1S/C15H23N3O2/c1-2-3-7-16-15(20)18-10-8-17(9-11-18)13-5-4-6-14(19)12-13/h4-6,12,19H,2-3,7-11H2,1H3,(H,16,20). The highest BCUT2D eigenvalue weighted by molar-refractivity contribution is 5.74. The van der Waals surface area contributed by atoms with E-state index in [1.165, 1.54) is 0 Å². The van der Waals surface area contributed by atoms with Crippen molar-refractivity contribution >= 4 is 11.7 Å². The first-order chi connectivity index (χ1) is 9.70. The smallest absolute Gasteiger partial charge is 0.317 e. The monoisotopic (exact) mass is 277 g/mol. The number of phenolic OH excluding ortho intramolecular Hbond substituents is 1. The Morgan fingerprint density at radius 2 is 2.05 bits per heavy atom. The minimum Gasteiger partial charge on any atom is -0.508 e. The first kappa shape index (κ1) is 14.5. The van der Waals surface area contributed by atoms with Crippen LogP contribution < -0.4 is 10.2 Å². The van der Waals surface area contributed by atoms with Gasteiger partial charge in [0.25, 0.3) is 0 Å². The molecule has 1 aromatic rings. The number of amides is 2. The summed E-state index contributed by atoms with van der Waals surface area (Å²) in [5.74, 6) is 0.280.